The van der Waals surface area contributed by atoms with E-state index in [1.807, 2.05) is 13.8 Å². The van der Waals surface area contributed by atoms with Gasteiger partial charge in [-0.05, 0) is 24.5 Å². The smallest absolute Gasteiger partial charge is 0.277 e. The lowest BCUT2D eigenvalue weighted by Crippen LogP contribution is -2.14. The van der Waals surface area contributed by atoms with Gasteiger partial charge in [-0.2, -0.15) is 0 Å². The first kappa shape index (κ1) is 12.6. The van der Waals surface area contributed by atoms with Gasteiger partial charge >= 0.3 is 0 Å². The average molecular weight is 226 g/mol. The highest BCUT2D eigenvalue weighted by molar-refractivity contribution is 5.42. The molecule has 0 heterocycles. The lowest BCUT2D eigenvalue weighted by Gasteiger charge is -2.14. The molecular weight excluding hydrogens is 211 g/mol. The normalized spacial score (nSPS) is 12.8. The maximum absolute atomic E-state index is 12.9. The number of nitrogens with zero attached hydrogens (tertiary/aromatic N) is 1. The van der Waals surface area contributed by atoms with E-state index in [4.69, 9.17) is 5.73 Å². The molecule has 5 heteroatoms. The lowest BCUT2D eigenvalue weighted by molar-refractivity contribution is -0.385. The summed E-state index contributed by atoms with van der Waals surface area (Å²) in [6.45, 7) is 3.96. The molecule has 0 aromatic heterocycles. The van der Waals surface area contributed by atoms with Gasteiger partial charge in [-0.25, -0.2) is 4.39 Å². The van der Waals surface area contributed by atoms with Gasteiger partial charge in [0.1, 0.15) is 5.82 Å². The van der Waals surface area contributed by atoms with E-state index in [1.165, 1.54) is 12.1 Å². The minimum Gasteiger partial charge on any atom is -0.324 e. The maximum atomic E-state index is 12.9. The van der Waals surface area contributed by atoms with Crippen LogP contribution < -0.4 is 5.73 Å². The van der Waals surface area contributed by atoms with Gasteiger partial charge < -0.3 is 5.73 Å². The van der Waals surface area contributed by atoms with Crippen LogP contribution in [0.2, 0.25) is 0 Å². The summed E-state index contributed by atoms with van der Waals surface area (Å²) in [5.74, 6) is -0.285. The molecule has 1 rings (SSSR count). The summed E-state index contributed by atoms with van der Waals surface area (Å²) < 4.78 is 12.9. The molecular formula is C11H15FN2O2. The molecule has 1 atom stereocenters. The Morgan fingerprint density at radius 2 is 2.12 bits per heavy atom. The van der Waals surface area contributed by atoms with Crippen molar-refractivity contribution in [1.29, 1.82) is 0 Å². The van der Waals surface area contributed by atoms with Crippen molar-refractivity contribution in [2.75, 3.05) is 0 Å². The summed E-state index contributed by atoms with van der Waals surface area (Å²) in [7, 11) is 0. The zero-order valence-electron chi connectivity index (χ0n) is 9.31. The van der Waals surface area contributed by atoms with E-state index in [0.29, 0.717) is 17.9 Å². The Balaban J connectivity index is 3.07. The van der Waals surface area contributed by atoms with Crippen LogP contribution >= 0.6 is 0 Å². The van der Waals surface area contributed by atoms with Gasteiger partial charge in [0.15, 0.2) is 0 Å². The quantitative estimate of drug-likeness (QED) is 0.634. The Labute approximate surface area is 93.4 Å². The molecule has 16 heavy (non-hydrogen) atoms. The zero-order valence-corrected chi connectivity index (χ0v) is 9.31. The molecule has 0 bridgehead atoms. The second-order valence-corrected chi connectivity index (χ2v) is 4.20. The first-order valence-electron chi connectivity index (χ1n) is 5.11. The number of hydrogen-bond acceptors (Lipinski definition) is 3. The fraction of sp³-hybridized carbons (Fsp3) is 0.455. The Morgan fingerprint density at radius 3 is 2.62 bits per heavy atom. The van der Waals surface area contributed by atoms with Gasteiger partial charge in [0.25, 0.3) is 5.69 Å². The molecule has 0 saturated carbocycles. The number of halogens is 1. The van der Waals surface area contributed by atoms with Gasteiger partial charge in [0.2, 0.25) is 0 Å². The topological polar surface area (TPSA) is 69.2 Å². The number of rotatable bonds is 4. The Hall–Kier alpha value is -1.49. The minimum absolute atomic E-state index is 0.242. The van der Waals surface area contributed by atoms with Gasteiger partial charge in [-0.1, -0.05) is 13.8 Å². The molecule has 88 valence electrons. The summed E-state index contributed by atoms with van der Waals surface area (Å²) in [4.78, 5) is 10.1. The van der Waals surface area contributed by atoms with E-state index >= 15 is 0 Å². The molecule has 0 radical (unpaired) electrons. The molecule has 0 amide bonds. The largest absolute Gasteiger partial charge is 0.324 e. The second kappa shape index (κ2) is 5.03. The monoisotopic (exact) mass is 226 g/mol. The molecule has 1 aromatic carbocycles. The molecule has 2 N–H and O–H groups in total. The number of nitrogens with two attached hydrogens (primary N) is 1. The van der Waals surface area contributed by atoms with Crippen molar-refractivity contribution >= 4 is 5.69 Å². The lowest BCUT2D eigenvalue weighted by atomic mass is 9.96. The van der Waals surface area contributed by atoms with Crippen molar-refractivity contribution in [3.05, 3.63) is 39.7 Å². The van der Waals surface area contributed by atoms with Gasteiger partial charge in [0.05, 0.1) is 11.0 Å². The SMILES string of the molecule is CC(C)C[C@@H](N)c1ccc(F)cc1[N+](=O)[O-]. The molecule has 0 aliphatic heterocycles. The van der Waals surface area contributed by atoms with Crippen molar-refractivity contribution in [3.63, 3.8) is 0 Å². The maximum Gasteiger partial charge on any atom is 0.277 e. The van der Waals surface area contributed by atoms with E-state index in [-0.39, 0.29) is 5.69 Å². The molecule has 4 nitrogen and oxygen atoms in total. The van der Waals surface area contributed by atoms with Gasteiger partial charge in [-0.3, -0.25) is 10.1 Å². The standard InChI is InChI=1S/C11H15FN2O2/c1-7(2)5-10(13)9-4-3-8(12)6-11(9)14(15)16/h3-4,6-7,10H,5,13H2,1-2H3/t10-/m1/s1. The third-order valence-electron chi connectivity index (χ3n) is 2.31. The zero-order chi connectivity index (χ0) is 12.3. The summed E-state index contributed by atoms with van der Waals surface area (Å²) in [5, 5.41) is 10.7. The Kier molecular flexibility index (Phi) is 3.95. The summed E-state index contributed by atoms with van der Waals surface area (Å²) >= 11 is 0. The van der Waals surface area contributed by atoms with Crippen molar-refractivity contribution in [2.45, 2.75) is 26.3 Å². The van der Waals surface area contributed by atoms with E-state index < -0.39 is 16.8 Å². The molecule has 1 aromatic rings. The average Bonchev–Trinajstić information content (AvgIpc) is 2.16. The van der Waals surface area contributed by atoms with E-state index in [1.54, 1.807) is 0 Å². The Bertz CT molecular complexity index is 394. The third kappa shape index (κ3) is 3.00. The molecule has 0 saturated heterocycles. The number of nitro benzene ring substituents is 1. The highest BCUT2D eigenvalue weighted by atomic mass is 19.1. The van der Waals surface area contributed by atoms with Crippen LogP contribution in [-0.4, -0.2) is 4.92 Å². The molecule has 0 aliphatic rings. The second-order valence-electron chi connectivity index (χ2n) is 4.20. The van der Waals surface area contributed by atoms with Crippen LogP contribution in [0.15, 0.2) is 18.2 Å². The van der Waals surface area contributed by atoms with Crippen LogP contribution in [0.5, 0.6) is 0 Å². The Morgan fingerprint density at radius 1 is 1.50 bits per heavy atom. The molecule has 0 fully saturated rings. The van der Waals surface area contributed by atoms with E-state index in [9.17, 15) is 14.5 Å². The van der Waals surface area contributed by atoms with Crippen LogP contribution in [-0.2, 0) is 0 Å². The minimum atomic E-state index is -0.618. The number of benzene rings is 1. The summed E-state index contributed by atoms with van der Waals surface area (Å²) in [6.07, 6.45) is 0.631. The van der Waals surface area contributed by atoms with Crippen LogP contribution in [0.1, 0.15) is 31.9 Å². The van der Waals surface area contributed by atoms with Gasteiger partial charge in [0, 0.05) is 11.6 Å². The van der Waals surface area contributed by atoms with E-state index in [2.05, 4.69) is 0 Å². The van der Waals surface area contributed by atoms with Crippen LogP contribution in [0.25, 0.3) is 0 Å². The summed E-state index contributed by atoms with van der Waals surface area (Å²) in [5.41, 5.74) is 6.00. The first-order chi connectivity index (χ1) is 7.41. The summed E-state index contributed by atoms with van der Waals surface area (Å²) in [6, 6.07) is 3.07. The van der Waals surface area contributed by atoms with Crippen molar-refractivity contribution < 1.29 is 9.31 Å². The highest BCUT2D eigenvalue weighted by Gasteiger charge is 2.20. The van der Waals surface area contributed by atoms with E-state index in [0.717, 1.165) is 6.07 Å². The molecule has 0 spiro atoms. The predicted molar refractivity (Wildman–Crippen MR) is 59.4 cm³/mol. The molecule has 0 aliphatic carbocycles. The number of hydrogen-bond donors (Lipinski definition) is 1. The molecule has 0 unspecified atom stereocenters. The highest BCUT2D eigenvalue weighted by Crippen LogP contribution is 2.28. The third-order valence-corrected chi connectivity index (χ3v) is 2.31. The fourth-order valence-electron chi connectivity index (χ4n) is 1.62. The van der Waals surface area contributed by atoms with Gasteiger partial charge in [-0.15, -0.1) is 0 Å². The van der Waals surface area contributed by atoms with Crippen LogP contribution in [0.3, 0.4) is 0 Å². The first-order valence-corrected chi connectivity index (χ1v) is 5.11. The fourth-order valence-corrected chi connectivity index (χ4v) is 1.62. The number of nitro groups is 1. The van der Waals surface area contributed by atoms with Crippen LogP contribution in [0, 0.1) is 21.8 Å². The van der Waals surface area contributed by atoms with Crippen molar-refractivity contribution in [3.8, 4) is 0 Å². The predicted octanol–water partition coefficient (Wildman–Crippen LogP) is 2.78. The van der Waals surface area contributed by atoms with Crippen molar-refractivity contribution in [1.82, 2.24) is 0 Å². The van der Waals surface area contributed by atoms with Crippen LogP contribution in [0.4, 0.5) is 10.1 Å². The van der Waals surface area contributed by atoms with Crippen molar-refractivity contribution in [2.24, 2.45) is 11.7 Å².